The predicted molar refractivity (Wildman–Crippen MR) is 364 cm³/mol. The van der Waals surface area contributed by atoms with E-state index in [2.05, 4.69) is 58.5 Å². The van der Waals surface area contributed by atoms with Gasteiger partial charge < -0.3 is 79.0 Å². The molecule has 0 aromatic heterocycles. The average Bonchev–Trinajstić information content (AvgIpc) is 1.80. The Hall–Kier alpha value is -8.01. The first kappa shape index (κ1) is 83.2. The molecule has 2 saturated heterocycles. The zero-order valence-electron chi connectivity index (χ0n) is 60.0. The van der Waals surface area contributed by atoms with Gasteiger partial charge in [0, 0.05) is 19.4 Å². The average molecular weight is 1360 g/mol. The molecule has 97 heavy (non-hydrogen) atoms. The lowest BCUT2D eigenvalue weighted by Crippen LogP contribution is -2.64. The Bertz CT molecular complexity index is 2900. The number of hydrogen-bond acceptors (Lipinski definition) is 16. The van der Waals surface area contributed by atoms with Crippen LogP contribution in [0, 0.1) is 41.4 Å². The third-order valence-corrected chi connectivity index (χ3v) is 17.5. The summed E-state index contributed by atoms with van der Waals surface area (Å²) in [5.41, 5.74) is 6.37. The van der Waals surface area contributed by atoms with Gasteiger partial charge in [-0.15, -0.1) is 0 Å². The standard InChI is InChI=1S/C69H113N13O15/c1-18-41(15)55(65(92)81-57-43(17)97-69(96)54(40(13)14)78-58(85)45(19-2)71-60(87)47(34-44-27-21-20-22-28-44)73-62(89)51(37(7)8)76-67(57)94)79-59(86)46(29-24-32-70)72-61(88)48-30-25-33-82(48)68(95)53(39(11)12)77-64(91)52(38(9)10)75-66(93)56(42(16)83)80-63(90)50(36(5)6)74-49(84)31-23-26-35(3)4/h19-22,27-28,35-43,46-48,50-57,83H,18,23-26,29-34,70H2,1-17H3,(H,71,87)(H,72,88)(H,73,89)(H,74,84)(H,75,93)(H,76,94)(H,77,91)(H,78,85)(H,79,86)(H,80,90)(H,81,92)/b45-19-/t41-,42+,43+,46-,47?,48+,50+,51?,52+,53-,54?,55+,56-,57?/m0/s1. The van der Waals surface area contributed by atoms with Gasteiger partial charge in [-0.05, 0) is 106 Å². The fourth-order valence-electron chi connectivity index (χ4n) is 11.2. The van der Waals surface area contributed by atoms with E-state index in [9.17, 15) is 67.4 Å². The number of nitrogens with two attached hydrogens (primary N) is 1. The van der Waals surface area contributed by atoms with E-state index >= 15 is 0 Å². The van der Waals surface area contributed by atoms with E-state index < -0.39 is 185 Å². The number of nitrogens with one attached hydrogen (secondary N) is 11. The van der Waals surface area contributed by atoms with E-state index in [-0.39, 0.29) is 63.2 Å². The smallest absolute Gasteiger partial charge is 0.329 e. The van der Waals surface area contributed by atoms with Crippen molar-refractivity contribution in [1.29, 1.82) is 0 Å². The molecule has 1 aromatic rings. The van der Waals surface area contributed by atoms with Gasteiger partial charge in [0.15, 0.2) is 0 Å². The van der Waals surface area contributed by atoms with Crippen molar-refractivity contribution in [2.45, 2.75) is 254 Å². The Morgan fingerprint density at radius 3 is 1.74 bits per heavy atom. The topological polar surface area (TPSA) is 413 Å². The molecule has 28 heteroatoms. The predicted octanol–water partition coefficient (Wildman–Crippen LogP) is 1.31. The lowest BCUT2D eigenvalue weighted by molar-refractivity contribution is -0.157. The number of cyclic esters (lactones) is 1. The fraction of sp³-hybridized carbons (Fsp3) is 0.696. The van der Waals surface area contributed by atoms with Gasteiger partial charge in [0.25, 0.3) is 5.91 Å². The summed E-state index contributed by atoms with van der Waals surface area (Å²) in [5, 5.41) is 40.3. The first-order chi connectivity index (χ1) is 45.5. The summed E-state index contributed by atoms with van der Waals surface area (Å²) in [5.74, 6) is -13.3. The molecule has 2 heterocycles. The normalized spacial score (nSPS) is 22.0. The molecule has 2 aliphatic heterocycles. The van der Waals surface area contributed by atoms with Crippen LogP contribution in [0.25, 0.3) is 0 Å². The maximum atomic E-state index is 14.8. The van der Waals surface area contributed by atoms with Crippen molar-refractivity contribution in [3.63, 3.8) is 0 Å². The summed E-state index contributed by atoms with van der Waals surface area (Å²) >= 11 is 0. The van der Waals surface area contributed by atoms with Gasteiger partial charge >= 0.3 is 5.97 Å². The lowest BCUT2D eigenvalue weighted by Gasteiger charge is -2.33. The second kappa shape index (κ2) is 40.0. The molecular formula is C69H113N13O15. The molecule has 4 unspecified atom stereocenters. The number of esters is 1. The van der Waals surface area contributed by atoms with Crippen LogP contribution < -0.4 is 64.2 Å². The van der Waals surface area contributed by atoms with Crippen molar-refractivity contribution in [2.75, 3.05) is 13.1 Å². The maximum absolute atomic E-state index is 14.8. The monoisotopic (exact) mass is 1360 g/mol. The Kier molecular flexibility index (Phi) is 34.3. The minimum Gasteiger partial charge on any atom is -0.458 e. The van der Waals surface area contributed by atoms with E-state index in [0.717, 1.165) is 6.42 Å². The van der Waals surface area contributed by atoms with Gasteiger partial charge in [-0.2, -0.15) is 0 Å². The van der Waals surface area contributed by atoms with E-state index in [1.165, 1.54) is 31.7 Å². The molecule has 28 nitrogen and oxygen atoms in total. The second-order valence-electron chi connectivity index (χ2n) is 27.8. The third-order valence-electron chi connectivity index (χ3n) is 17.5. The Balaban J connectivity index is 1.93. The first-order valence-corrected chi connectivity index (χ1v) is 34.4. The van der Waals surface area contributed by atoms with Crippen molar-refractivity contribution >= 4 is 76.9 Å². The third kappa shape index (κ3) is 25.4. The minimum absolute atomic E-state index is 0.0289. The van der Waals surface area contributed by atoms with Crippen molar-refractivity contribution in [1.82, 2.24) is 63.4 Å². The van der Waals surface area contributed by atoms with Gasteiger partial charge in [0.05, 0.1) is 6.10 Å². The number of likely N-dealkylation sites (tertiary alicyclic amines) is 1. The quantitative estimate of drug-likeness (QED) is 0.0368. The van der Waals surface area contributed by atoms with Crippen molar-refractivity contribution in [3.05, 3.63) is 47.7 Å². The summed E-state index contributed by atoms with van der Waals surface area (Å²) in [7, 11) is 0. The summed E-state index contributed by atoms with van der Waals surface area (Å²) < 4.78 is 5.86. The highest BCUT2D eigenvalue weighted by molar-refractivity contribution is 6.03. The number of amides is 12. The molecule has 0 spiro atoms. The number of aliphatic hydroxyl groups excluding tert-OH is 1. The van der Waals surface area contributed by atoms with E-state index in [1.807, 2.05) is 13.8 Å². The maximum Gasteiger partial charge on any atom is 0.329 e. The number of allylic oxidation sites excluding steroid dienone is 1. The van der Waals surface area contributed by atoms with Crippen LogP contribution in [0.1, 0.15) is 175 Å². The molecule has 544 valence electrons. The SMILES string of the molecule is C/C=C1\NC(=O)C(Cc2ccccc2)NC(=O)C(C(C)C)NC(=O)C(NC(=O)[C@H](NC(=O)[C@H](CCCN)NC(=O)[C@H]2CCCN2C(=O)[C@@H](NC(=O)[C@H](NC(=O)[C@@H](NC(=O)[C@H](NC(=O)CCCC(C)C)C(C)C)[C@@H](C)O)C(C)C)C(C)C)[C@@H](C)CC)[C@@H](C)OC(=O)C(C(C)C)NC1=O. The number of aliphatic hydroxyl groups is 1. The number of carbonyl (C=O) groups excluding carboxylic acids is 13. The van der Waals surface area contributed by atoms with Crippen LogP contribution in [-0.2, 0) is 73.5 Å². The number of rotatable bonds is 31. The van der Waals surface area contributed by atoms with Gasteiger partial charge in [0.2, 0.25) is 65.0 Å². The minimum atomic E-state index is -1.76. The molecular weight excluding hydrogens is 1250 g/mol. The number of carbonyl (C=O) groups is 13. The van der Waals surface area contributed by atoms with E-state index in [1.54, 1.807) is 113 Å². The molecule has 2 aliphatic rings. The van der Waals surface area contributed by atoms with Crippen LogP contribution in [0.15, 0.2) is 42.1 Å². The van der Waals surface area contributed by atoms with Crippen LogP contribution in [0.5, 0.6) is 0 Å². The summed E-state index contributed by atoms with van der Waals surface area (Å²) in [6.07, 6.45) is 0.952. The number of hydrogen-bond donors (Lipinski definition) is 13. The Labute approximate surface area is 572 Å². The molecule has 0 aliphatic carbocycles. The highest BCUT2D eigenvalue weighted by Crippen LogP contribution is 2.23. The van der Waals surface area contributed by atoms with Gasteiger partial charge in [-0.3, -0.25) is 57.5 Å². The zero-order valence-corrected chi connectivity index (χ0v) is 60.0. The highest BCUT2D eigenvalue weighted by atomic mass is 16.5. The number of benzene rings is 1. The van der Waals surface area contributed by atoms with Crippen LogP contribution in [0.3, 0.4) is 0 Å². The van der Waals surface area contributed by atoms with Gasteiger partial charge in [-0.1, -0.05) is 146 Å². The van der Waals surface area contributed by atoms with Crippen molar-refractivity contribution < 1.29 is 72.2 Å². The summed E-state index contributed by atoms with van der Waals surface area (Å²) in [6.45, 7) is 28.4. The van der Waals surface area contributed by atoms with Crippen LogP contribution in [0.4, 0.5) is 0 Å². The highest BCUT2D eigenvalue weighted by Gasteiger charge is 2.44. The molecule has 12 amide bonds. The second-order valence-corrected chi connectivity index (χ2v) is 27.8. The van der Waals surface area contributed by atoms with Crippen LogP contribution in [0.2, 0.25) is 0 Å². The number of nitrogens with zero attached hydrogens (tertiary/aromatic N) is 1. The molecule has 0 saturated carbocycles. The van der Waals surface area contributed by atoms with Crippen LogP contribution in [-0.4, -0.2) is 179 Å². The van der Waals surface area contributed by atoms with E-state index in [4.69, 9.17) is 10.5 Å². The first-order valence-electron chi connectivity index (χ1n) is 34.4. The van der Waals surface area contributed by atoms with Crippen LogP contribution >= 0.6 is 0 Å². The Morgan fingerprint density at radius 1 is 0.649 bits per heavy atom. The van der Waals surface area contributed by atoms with Gasteiger partial charge in [-0.25, -0.2) is 4.79 Å². The fourth-order valence-corrected chi connectivity index (χ4v) is 11.2. The summed E-state index contributed by atoms with van der Waals surface area (Å²) in [6, 6.07) is -6.05. The Morgan fingerprint density at radius 2 is 1.21 bits per heavy atom. The largest absolute Gasteiger partial charge is 0.458 e. The molecule has 1 aromatic carbocycles. The van der Waals surface area contributed by atoms with Crippen molar-refractivity contribution in [3.8, 4) is 0 Å². The van der Waals surface area contributed by atoms with E-state index in [0.29, 0.717) is 24.3 Å². The molecule has 14 N–H and O–H groups in total. The zero-order chi connectivity index (χ0) is 73.3. The van der Waals surface area contributed by atoms with Gasteiger partial charge in [0.1, 0.15) is 78.3 Å². The number of ether oxygens (including phenoxy) is 1. The molecule has 2 fully saturated rings. The lowest BCUT2D eigenvalue weighted by atomic mass is 9.96. The van der Waals surface area contributed by atoms with Crippen molar-refractivity contribution in [2.24, 2.45) is 47.2 Å². The molecule has 0 radical (unpaired) electrons. The molecule has 0 bridgehead atoms. The summed E-state index contributed by atoms with van der Waals surface area (Å²) in [4.78, 5) is 186. The molecule has 3 rings (SSSR count). The molecule has 14 atom stereocenters.